The minimum atomic E-state index is -3.44. The minimum absolute atomic E-state index is 0.0774. The first-order valence-electron chi connectivity index (χ1n) is 3.08. The lowest BCUT2D eigenvalue weighted by atomic mass is 10.6. The van der Waals surface area contributed by atoms with Crippen molar-refractivity contribution in [3.63, 3.8) is 0 Å². The fraction of sp³-hybridized carbons (Fsp3) is 1.00. The van der Waals surface area contributed by atoms with Gasteiger partial charge < -0.3 is 14.5 Å². The van der Waals surface area contributed by atoms with Crippen LogP contribution in [-0.2, 0) is 9.09 Å². The Morgan fingerprint density at radius 2 is 2.10 bits per heavy atom. The molecule has 0 aliphatic heterocycles. The topological polar surface area (TPSA) is 66.8 Å². The van der Waals surface area contributed by atoms with E-state index in [0.717, 1.165) is 0 Å². The van der Waals surface area contributed by atoms with Crippen LogP contribution in [0.15, 0.2) is 0 Å². The van der Waals surface area contributed by atoms with Gasteiger partial charge in [-0.25, -0.2) is 0 Å². The third kappa shape index (κ3) is 3.32. The first-order chi connectivity index (χ1) is 4.50. The number of rotatable bonds is 4. The molecule has 10 heavy (non-hydrogen) atoms. The molecule has 2 N–H and O–H groups in total. The van der Waals surface area contributed by atoms with E-state index in [1.165, 1.54) is 0 Å². The van der Waals surface area contributed by atoms with Gasteiger partial charge in [-0.1, -0.05) is 13.8 Å². The van der Waals surface area contributed by atoms with Crippen molar-refractivity contribution in [3.8, 4) is 0 Å². The number of hydrogen-bond donors (Lipinski definition) is 2. The summed E-state index contributed by atoms with van der Waals surface area (Å²) < 4.78 is 15.4. The highest BCUT2D eigenvalue weighted by atomic mass is 31.2. The smallest absolute Gasteiger partial charge is 0.330 e. The summed E-state index contributed by atoms with van der Waals surface area (Å²) in [4.78, 5) is 8.95. The van der Waals surface area contributed by atoms with Crippen LogP contribution in [0.5, 0.6) is 0 Å². The predicted octanol–water partition coefficient (Wildman–Crippen LogP) is 0.589. The van der Waals surface area contributed by atoms with E-state index in [1.807, 2.05) is 0 Å². The molecule has 1 unspecified atom stereocenters. The van der Waals surface area contributed by atoms with Crippen molar-refractivity contribution in [2.75, 3.05) is 13.2 Å². The summed E-state index contributed by atoms with van der Waals surface area (Å²) in [5.41, 5.74) is -0.404. The van der Waals surface area contributed by atoms with Gasteiger partial charge in [-0.05, 0) is 0 Å². The third-order valence-electron chi connectivity index (χ3n) is 1.02. The first kappa shape index (κ1) is 10.1. The van der Waals surface area contributed by atoms with Crippen molar-refractivity contribution in [1.29, 1.82) is 0 Å². The van der Waals surface area contributed by atoms with Crippen LogP contribution in [0.3, 0.4) is 0 Å². The van der Waals surface area contributed by atoms with Gasteiger partial charge in [0.25, 0.3) is 0 Å². The molecule has 62 valence electrons. The fourth-order valence-corrected chi connectivity index (χ4v) is 0.962. The molecule has 0 saturated heterocycles. The van der Waals surface area contributed by atoms with Gasteiger partial charge in [0.1, 0.15) is 0 Å². The summed E-state index contributed by atoms with van der Waals surface area (Å²) in [6.45, 7) is 2.89. The lowest BCUT2D eigenvalue weighted by Crippen LogP contribution is -2.04. The van der Waals surface area contributed by atoms with Gasteiger partial charge in [-0.3, -0.25) is 4.57 Å². The summed E-state index contributed by atoms with van der Waals surface area (Å²) in [6, 6.07) is 0. The molecular weight excluding hydrogens is 155 g/mol. The zero-order valence-electron chi connectivity index (χ0n) is 6.15. The van der Waals surface area contributed by atoms with Crippen LogP contribution in [-0.4, -0.2) is 28.9 Å². The molecule has 0 amide bonds. The van der Waals surface area contributed by atoms with Crippen LogP contribution >= 0.6 is 7.60 Å². The second-order valence-corrected chi connectivity index (χ2v) is 4.63. The molecule has 0 aromatic carbocycles. The Labute approximate surface area is 60.4 Å². The van der Waals surface area contributed by atoms with E-state index in [1.54, 1.807) is 13.8 Å². The Balaban J connectivity index is 3.76. The van der Waals surface area contributed by atoms with Crippen LogP contribution in [0.2, 0.25) is 0 Å². The average Bonchev–Trinajstić information content (AvgIpc) is 1.84. The quantitative estimate of drug-likeness (QED) is 0.603. The van der Waals surface area contributed by atoms with Crippen molar-refractivity contribution in [2.24, 2.45) is 0 Å². The van der Waals surface area contributed by atoms with Gasteiger partial charge in [0.15, 0.2) is 0 Å². The summed E-state index contributed by atoms with van der Waals surface area (Å²) in [5, 5.41) is 8.25. The summed E-state index contributed by atoms with van der Waals surface area (Å²) in [6.07, 6.45) is 0. The molecule has 0 aromatic heterocycles. The second-order valence-electron chi connectivity index (χ2n) is 2.21. The van der Waals surface area contributed by atoms with E-state index in [9.17, 15) is 4.57 Å². The highest BCUT2D eigenvalue weighted by Crippen LogP contribution is 2.46. The number of hydrogen-bond acceptors (Lipinski definition) is 3. The van der Waals surface area contributed by atoms with E-state index < -0.39 is 13.3 Å². The van der Waals surface area contributed by atoms with Gasteiger partial charge in [0, 0.05) is 0 Å². The van der Waals surface area contributed by atoms with Gasteiger partial charge in [-0.2, -0.15) is 0 Å². The lowest BCUT2D eigenvalue weighted by Gasteiger charge is -2.13. The van der Waals surface area contributed by atoms with Gasteiger partial charge in [-0.15, -0.1) is 0 Å². The van der Waals surface area contributed by atoms with Gasteiger partial charge in [0.05, 0.1) is 18.9 Å². The summed E-state index contributed by atoms with van der Waals surface area (Å²) in [7, 11) is -3.44. The van der Waals surface area contributed by atoms with E-state index in [2.05, 4.69) is 4.52 Å². The molecule has 0 aliphatic rings. The molecule has 1 atom stereocenters. The number of aliphatic hydroxyl groups excluding tert-OH is 1. The zero-order chi connectivity index (χ0) is 8.20. The molecule has 0 rings (SSSR count). The molecule has 0 bridgehead atoms. The summed E-state index contributed by atoms with van der Waals surface area (Å²) >= 11 is 0. The van der Waals surface area contributed by atoms with E-state index in [0.29, 0.717) is 0 Å². The van der Waals surface area contributed by atoms with Crippen molar-refractivity contribution < 1.29 is 19.1 Å². The maximum Gasteiger partial charge on any atom is 0.330 e. The minimum Gasteiger partial charge on any atom is -0.394 e. The Kier molecular flexibility index (Phi) is 4.13. The molecule has 0 heterocycles. The SMILES string of the molecule is CC(C)P(=O)(O)OCCO. The molecule has 0 fully saturated rings. The highest BCUT2D eigenvalue weighted by molar-refractivity contribution is 7.53. The van der Waals surface area contributed by atoms with Crippen LogP contribution in [0, 0.1) is 0 Å². The Morgan fingerprint density at radius 3 is 2.40 bits per heavy atom. The van der Waals surface area contributed by atoms with Crippen molar-refractivity contribution >= 4 is 7.60 Å². The zero-order valence-corrected chi connectivity index (χ0v) is 7.04. The van der Waals surface area contributed by atoms with Crippen molar-refractivity contribution in [1.82, 2.24) is 0 Å². The van der Waals surface area contributed by atoms with Crippen molar-refractivity contribution in [2.45, 2.75) is 19.5 Å². The molecule has 4 nitrogen and oxygen atoms in total. The fourth-order valence-electron chi connectivity index (χ4n) is 0.321. The molecule has 0 radical (unpaired) electrons. The Morgan fingerprint density at radius 1 is 1.60 bits per heavy atom. The molecule has 0 spiro atoms. The maximum atomic E-state index is 10.9. The monoisotopic (exact) mass is 168 g/mol. The predicted molar refractivity (Wildman–Crippen MR) is 38.0 cm³/mol. The van der Waals surface area contributed by atoms with Crippen LogP contribution in [0.25, 0.3) is 0 Å². The van der Waals surface area contributed by atoms with Crippen LogP contribution in [0.4, 0.5) is 0 Å². The largest absolute Gasteiger partial charge is 0.394 e. The van der Waals surface area contributed by atoms with Gasteiger partial charge >= 0.3 is 7.60 Å². The van der Waals surface area contributed by atoms with Crippen LogP contribution in [0.1, 0.15) is 13.8 Å². The average molecular weight is 168 g/mol. The van der Waals surface area contributed by atoms with E-state index in [4.69, 9.17) is 10.00 Å². The van der Waals surface area contributed by atoms with Crippen LogP contribution < -0.4 is 0 Å². The molecule has 0 aliphatic carbocycles. The normalized spacial score (nSPS) is 17.3. The molecule has 0 aromatic rings. The second kappa shape index (κ2) is 4.09. The number of aliphatic hydroxyl groups is 1. The van der Waals surface area contributed by atoms with Crippen molar-refractivity contribution in [3.05, 3.63) is 0 Å². The molecule has 5 heteroatoms. The summed E-state index contributed by atoms with van der Waals surface area (Å²) in [5.74, 6) is 0. The maximum absolute atomic E-state index is 10.9. The Hall–Kier alpha value is 0.110. The highest BCUT2D eigenvalue weighted by Gasteiger charge is 2.23. The standard InChI is InChI=1S/C5H13O4P/c1-5(2)10(7,8)9-4-3-6/h5-6H,3-4H2,1-2H3,(H,7,8). The third-order valence-corrected chi connectivity index (χ3v) is 2.88. The Bertz CT molecular complexity index is 134. The van der Waals surface area contributed by atoms with Gasteiger partial charge in [0.2, 0.25) is 0 Å². The van der Waals surface area contributed by atoms with E-state index >= 15 is 0 Å². The molecular formula is C5H13O4P. The first-order valence-corrected chi connectivity index (χ1v) is 4.73. The van der Waals surface area contributed by atoms with E-state index in [-0.39, 0.29) is 13.2 Å². The lowest BCUT2D eigenvalue weighted by molar-refractivity contribution is 0.180. The molecule has 0 saturated carbocycles.